The molecule has 2 aliphatic rings. The average molecular weight is 693 g/mol. The molecule has 2 aliphatic heterocycles. The number of fused-ring (bicyclic) bond motifs is 2. The van der Waals surface area contributed by atoms with Gasteiger partial charge in [0.25, 0.3) is 0 Å². The first kappa shape index (κ1) is 35.6. The lowest BCUT2D eigenvalue weighted by molar-refractivity contribution is -0.922. The number of halogens is 2. The summed E-state index contributed by atoms with van der Waals surface area (Å²) in [5.74, 6) is 2.35. The molecule has 0 aliphatic carbocycles. The van der Waals surface area contributed by atoms with Crippen LogP contribution in [0.25, 0.3) is 0 Å². The zero-order valence-corrected chi connectivity index (χ0v) is 26.9. The van der Waals surface area contributed by atoms with Gasteiger partial charge in [0.1, 0.15) is 11.8 Å². The summed E-state index contributed by atoms with van der Waals surface area (Å²) in [7, 11) is 39.5. The fourth-order valence-corrected chi connectivity index (χ4v) is 5.40. The van der Waals surface area contributed by atoms with Gasteiger partial charge in [0.05, 0.1) is 39.7 Å². The molecule has 0 saturated carbocycles. The Morgan fingerprint density at radius 3 is 2.27 bits per heavy atom. The van der Waals surface area contributed by atoms with Crippen molar-refractivity contribution in [3.05, 3.63) is 51.5 Å². The largest absolute Gasteiger partial charge is 1.00 e. The van der Waals surface area contributed by atoms with Gasteiger partial charge in [0.2, 0.25) is 12.5 Å². The van der Waals surface area contributed by atoms with Crippen LogP contribution in [0.5, 0.6) is 17.2 Å². The van der Waals surface area contributed by atoms with Crippen LogP contribution in [0, 0.1) is 0 Å². The van der Waals surface area contributed by atoms with Gasteiger partial charge >= 0.3 is 0 Å². The third kappa shape index (κ3) is 8.71. The monoisotopic (exact) mass is 694 g/mol. The van der Waals surface area contributed by atoms with Gasteiger partial charge < -0.3 is 42.7 Å². The van der Waals surface area contributed by atoms with E-state index in [0.717, 1.165) is 44.5 Å². The summed E-state index contributed by atoms with van der Waals surface area (Å²) in [5, 5.41) is 0. The Balaban J connectivity index is 0.000000400. The molecule has 4 rings (SSSR count). The van der Waals surface area contributed by atoms with Crippen LogP contribution < -0.4 is 38.2 Å². The third-order valence-corrected chi connectivity index (χ3v) is 7.90. The van der Waals surface area contributed by atoms with Crippen LogP contribution in [0.4, 0.5) is 0 Å². The van der Waals surface area contributed by atoms with Gasteiger partial charge in [-0.25, -0.2) is 0 Å². The molecule has 2 heterocycles. The number of quaternary nitrogens is 1. The Bertz CT molecular complexity index is 1140. The number of ketones is 1. The van der Waals surface area contributed by atoms with Crippen molar-refractivity contribution >= 4 is 101 Å². The molecular formula is C22H25B11BrINO4. The maximum atomic E-state index is 13.0. The van der Waals surface area contributed by atoms with Crippen molar-refractivity contribution < 1.29 is 47.5 Å². The van der Waals surface area contributed by atoms with Gasteiger partial charge in [-0.2, -0.15) is 0 Å². The maximum absolute atomic E-state index is 13.0. The molecular weight excluding hydrogens is 668 g/mol. The molecule has 0 saturated heterocycles. The van der Waals surface area contributed by atoms with Gasteiger partial charge in [0.15, 0.2) is 11.5 Å². The zero-order chi connectivity index (χ0) is 28.9. The molecule has 2 aromatic carbocycles. The van der Waals surface area contributed by atoms with E-state index in [-0.39, 0.29) is 49.0 Å². The minimum Gasteiger partial charge on any atom is -1.00 e. The van der Waals surface area contributed by atoms with Crippen molar-refractivity contribution in [2.45, 2.75) is 25.3 Å². The van der Waals surface area contributed by atoms with E-state index in [1.165, 1.54) is 12.6 Å². The van der Waals surface area contributed by atoms with E-state index in [9.17, 15) is 4.79 Å². The molecule has 18 heteroatoms. The highest BCUT2D eigenvalue weighted by molar-refractivity contribution is 9.10. The van der Waals surface area contributed by atoms with Crippen molar-refractivity contribution in [1.29, 1.82) is 0 Å². The van der Waals surface area contributed by atoms with Gasteiger partial charge in [-0.05, 0) is 29.3 Å². The molecule has 0 aromatic heterocycles. The number of hydrogen-bond donors (Lipinski definition) is 0. The first-order chi connectivity index (χ1) is 18.4. The number of carbonyl (C=O) groups is 1. The SMILES string of the molecule is COc1c2c(cc3c1C(CC(=O)Cc1ccc(Br)cc1)[N+](C)(C)CC3)OCO2.[B][B]B([B])B(B([B])[B])B([B])[B].[I-]. The van der Waals surface area contributed by atoms with E-state index in [2.05, 4.69) is 36.1 Å². The summed E-state index contributed by atoms with van der Waals surface area (Å²) in [5.41, 5.74) is 3.32. The molecule has 0 bridgehead atoms. The molecule has 13 radical (unpaired) electrons. The normalized spacial score (nSPS) is 15.8. The number of hydrogen-bond acceptors (Lipinski definition) is 4. The number of carbonyl (C=O) groups excluding carboxylic acids is 1. The molecule has 0 amide bonds. The van der Waals surface area contributed by atoms with Crippen molar-refractivity contribution in [3.63, 3.8) is 0 Å². The topological polar surface area (TPSA) is 44.8 Å². The Kier molecular flexibility index (Phi) is 14.0. The number of nitrogens with zero attached hydrogens (tertiary/aromatic N) is 1. The minimum absolute atomic E-state index is 0. The van der Waals surface area contributed by atoms with E-state index >= 15 is 0 Å². The zero-order valence-electron chi connectivity index (χ0n) is 23.2. The Labute approximate surface area is 275 Å². The average Bonchev–Trinajstić information content (AvgIpc) is 3.34. The summed E-state index contributed by atoms with van der Waals surface area (Å²) in [6.45, 7) is 1.17. The lowest BCUT2D eigenvalue weighted by Gasteiger charge is -2.43. The number of benzene rings is 2. The van der Waals surface area contributed by atoms with E-state index in [4.69, 9.17) is 60.6 Å². The summed E-state index contributed by atoms with van der Waals surface area (Å²) in [6.07, 6.45) is -0.324. The summed E-state index contributed by atoms with van der Waals surface area (Å²) < 4.78 is 18.8. The highest BCUT2D eigenvalue weighted by atomic mass is 127. The van der Waals surface area contributed by atoms with Gasteiger partial charge in [-0.15, -0.1) is 0 Å². The predicted molar refractivity (Wildman–Crippen MR) is 173 cm³/mol. The summed E-state index contributed by atoms with van der Waals surface area (Å²) in [4.78, 5) is 13.0. The summed E-state index contributed by atoms with van der Waals surface area (Å²) in [6, 6.07) is 10.0. The van der Waals surface area contributed by atoms with Crippen LogP contribution >= 0.6 is 15.9 Å². The second kappa shape index (κ2) is 15.7. The quantitative estimate of drug-likeness (QED) is 0.159. The lowest BCUT2D eigenvalue weighted by atomic mass is 8.56. The van der Waals surface area contributed by atoms with Crippen molar-refractivity contribution in [1.82, 2.24) is 0 Å². The second-order valence-electron chi connectivity index (χ2n) is 10.5. The lowest BCUT2D eigenvalue weighted by Crippen LogP contribution is -3.00. The van der Waals surface area contributed by atoms with Crippen LogP contribution in [0.2, 0.25) is 0 Å². The summed E-state index contributed by atoms with van der Waals surface area (Å²) >= 11 is 3.44. The Morgan fingerprint density at radius 1 is 1.12 bits per heavy atom. The molecule has 0 fully saturated rings. The smallest absolute Gasteiger partial charge is 0.231 e. The maximum Gasteiger partial charge on any atom is 0.231 e. The third-order valence-electron chi connectivity index (χ3n) is 7.37. The second-order valence-corrected chi connectivity index (χ2v) is 11.4. The molecule has 189 valence electrons. The fourth-order valence-electron chi connectivity index (χ4n) is 5.13. The van der Waals surface area contributed by atoms with E-state index in [1.54, 1.807) is 7.11 Å². The number of rotatable bonds is 9. The van der Waals surface area contributed by atoms with E-state index in [0.29, 0.717) is 18.6 Å². The van der Waals surface area contributed by atoms with Crippen LogP contribution in [0.15, 0.2) is 34.8 Å². The molecule has 1 atom stereocenters. The first-order valence-electron chi connectivity index (χ1n) is 12.8. The first-order valence-corrected chi connectivity index (χ1v) is 13.6. The van der Waals surface area contributed by atoms with Crippen LogP contribution in [0.3, 0.4) is 0 Å². The van der Waals surface area contributed by atoms with Crippen molar-refractivity contribution in [2.75, 3.05) is 34.5 Å². The Hall–Kier alpha value is -0.606. The standard InChI is InChI=1S/C22H25BrNO4.B11.HI/c1-24(2)9-8-15-11-19-21(28-13-27-19)22(26-3)20(15)18(24)12-17(25)10-14-4-6-16(23)7-5-14;1-7-10(6)11(8(2)3)9(4)5;/h4-7,11,18H,8-10,12-13H2,1-3H3;;1H/q+1;;/p-1. The molecule has 1 unspecified atom stereocenters. The molecule has 0 spiro atoms. The number of likely N-dealkylation sites (N-methyl/N-ethyl adjacent to an activating group) is 1. The fraction of sp³-hybridized carbons (Fsp3) is 0.409. The van der Waals surface area contributed by atoms with Crippen molar-refractivity contribution in [3.8, 4) is 17.2 Å². The van der Waals surface area contributed by atoms with Gasteiger partial charge in [-0.3, -0.25) is 4.79 Å². The van der Waals surface area contributed by atoms with Crippen molar-refractivity contribution in [2.24, 2.45) is 0 Å². The predicted octanol–water partition coefficient (Wildman–Crippen LogP) is -3.12. The van der Waals surface area contributed by atoms with Gasteiger partial charge in [0, 0.05) is 96.3 Å². The molecule has 0 N–H and O–H groups in total. The number of methoxy groups -OCH3 is 1. The number of Topliss-reactive ketones (excluding diaryl/α,β-unsaturated/α-hetero) is 1. The molecule has 2 aromatic rings. The highest BCUT2D eigenvalue weighted by Crippen LogP contribution is 2.51. The highest BCUT2D eigenvalue weighted by Gasteiger charge is 2.42. The van der Waals surface area contributed by atoms with E-state index < -0.39 is 19.2 Å². The number of ether oxygens (including phenoxy) is 3. The van der Waals surface area contributed by atoms with Crippen LogP contribution in [-0.2, 0) is 17.6 Å². The molecule has 40 heavy (non-hydrogen) atoms. The van der Waals surface area contributed by atoms with Crippen LogP contribution in [-0.4, -0.2) is 124 Å². The Morgan fingerprint density at radius 2 is 1.75 bits per heavy atom. The minimum atomic E-state index is -0.648. The van der Waals surface area contributed by atoms with Gasteiger partial charge in [-0.1, -0.05) is 28.1 Å². The van der Waals surface area contributed by atoms with Crippen LogP contribution in [0.1, 0.15) is 29.2 Å². The molecule has 5 nitrogen and oxygen atoms in total. The van der Waals surface area contributed by atoms with E-state index in [1.807, 2.05) is 24.3 Å².